The molecule has 3 heteroatoms. The predicted octanol–water partition coefficient (Wildman–Crippen LogP) is 1.88. The summed E-state index contributed by atoms with van der Waals surface area (Å²) < 4.78 is 4.88. The summed E-state index contributed by atoms with van der Waals surface area (Å²) in [5.74, 6) is 0. The Morgan fingerprint density at radius 2 is 2.67 bits per heavy atom. The van der Waals surface area contributed by atoms with Crippen LogP contribution in [0.3, 0.4) is 0 Å². The largest absolute Gasteiger partial charge is 0.212 e. The first-order valence-electron chi connectivity index (χ1n) is 1.44. The smallest absolute Gasteiger partial charge is 0.0738 e. The number of nitrogens with zero attached hydrogens (tertiary/aromatic N) is 1. The van der Waals surface area contributed by atoms with Gasteiger partial charge >= 0.3 is 0 Å². The zero-order chi connectivity index (χ0) is 4.41. The maximum Gasteiger partial charge on any atom is 0.0738 e. The molecular formula is C3H3NS2. The van der Waals surface area contributed by atoms with Crippen LogP contribution in [-0.2, 0) is 0 Å². The summed E-state index contributed by atoms with van der Waals surface area (Å²) in [6.45, 7) is 3.66. The fourth-order valence-electron chi connectivity index (χ4n) is 0.182. The van der Waals surface area contributed by atoms with Crippen LogP contribution in [0.25, 0.3) is 0 Å². The van der Waals surface area contributed by atoms with Gasteiger partial charge in [0.25, 0.3) is 0 Å². The Morgan fingerprint density at radius 3 is 2.83 bits per heavy atom. The Labute approximate surface area is 45.1 Å². The van der Waals surface area contributed by atoms with E-state index in [0.29, 0.717) is 0 Å². The molecule has 0 aliphatic carbocycles. The van der Waals surface area contributed by atoms with Crippen molar-refractivity contribution in [2.45, 2.75) is 0 Å². The van der Waals surface area contributed by atoms with Gasteiger partial charge in [-0.05, 0) is 0 Å². The van der Waals surface area contributed by atoms with Crippen LogP contribution in [0.4, 0.5) is 0 Å². The van der Waals surface area contributed by atoms with Gasteiger partial charge in [0.05, 0.1) is 9.78 Å². The zero-order valence-corrected chi connectivity index (χ0v) is 4.68. The van der Waals surface area contributed by atoms with Gasteiger partial charge in [0.2, 0.25) is 0 Å². The van der Waals surface area contributed by atoms with Crippen LogP contribution < -0.4 is 0 Å². The van der Waals surface area contributed by atoms with Crippen molar-refractivity contribution in [3.63, 3.8) is 0 Å². The Balaban J connectivity index is 2.52. The molecule has 0 atom stereocenters. The van der Waals surface area contributed by atoms with Crippen molar-refractivity contribution >= 4 is 29.3 Å². The lowest BCUT2D eigenvalue weighted by atomic mass is 11.3. The highest BCUT2D eigenvalue weighted by Gasteiger charge is 1.96. The lowest BCUT2D eigenvalue weighted by Crippen LogP contribution is -1.44. The second kappa shape index (κ2) is 1.71. The van der Waals surface area contributed by atoms with Crippen molar-refractivity contribution in [3.05, 3.63) is 10.8 Å². The molecule has 0 aromatic rings. The molecule has 1 aliphatic heterocycles. The van der Waals surface area contributed by atoms with Crippen molar-refractivity contribution in [2.75, 3.05) is 0 Å². The van der Waals surface area contributed by atoms with E-state index in [4.69, 9.17) is 0 Å². The van der Waals surface area contributed by atoms with Crippen molar-refractivity contribution in [3.8, 4) is 0 Å². The third-order valence-electron chi connectivity index (χ3n) is 0.382. The van der Waals surface area contributed by atoms with Crippen molar-refractivity contribution < 1.29 is 0 Å². The molecule has 0 aromatic carbocycles. The minimum absolute atomic E-state index is 1.06. The summed E-state index contributed by atoms with van der Waals surface area (Å²) in [5, 5.41) is 0. The Hall–Kier alpha value is 0.110. The molecule has 0 amide bonds. The number of hydrogen-bond acceptors (Lipinski definition) is 3. The van der Waals surface area contributed by atoms with Crippen LogP contribution in [-0.4, -0.2) is 5.55 Å². The van der Waals surface area contributed by atoms with Gasteiger partial charge in [-0.15, -0.1) is 0 Å². The second-order valence-corrected chi connectivity index (χ2v) is 2.88. The molecule has 1 nitrogen and oxygen atoms in total. The van der Waals surface area contributed by atoms with Crippen LogP contribution in [0.15, 0.2) is 15.2 Å². The summed E-state index contributed by atoms with van der Waals surface area (Å²) in [7, 11) is 0. The third-order valence-corrected chi connectivity index (χ3v) is 1.92. The summed E-state index contributed by atoms with van der Waals surface area (Å²) in [4.78, 5) is 0. The maximum absolute atomic E-state index is 3.82. The average molecular weight is 117 g/mol. The lowest BCUT2D eigenvalue weighted by Gasteiger charge is -1.76. The first-order valence-corrected chi connectivity index (χ1v) is 3.09. The van der Waals surface area contributed by atoms with Crippen molar-refractivity contribution in [1.29, 1.82) is 0 Å². The predicted molar refractivity (Wildman–Crippen MR) is 32.8 cm³/mol. The quantitative estimate of drug-likeness (QED) is 0.449. The van der Waals surface area contributed by atoms with Gasteiger partial charge in [-0.25, -0.2) is 4.40 Å². The van der Waals surface area contributed by atoms with E-state index in [0.717, 1.165) is 4.24 Å². The van der Waals surface area contributed by atoms with E-state index in [1.807, 2.05) is 0 Å². The standard InChI is InChI=1S/C3H3NS2/c1-3-5-2-4-6-3/h2H,1H2. The van der Waals surface area contributed by atoms with Gasteiger partial charge in [-0.1, -0.05) is 18.3 Å². The van der Waals surface area contributed by atoms with Crippen LogP contribution in [0.5, 0.6) is 0 Å². The van der Waals surface area contributed by atoms with E-state index >= 15 is 0 Å². The van der Waals surface area contributed by atoms with Crippen molar-refractivity contribution in [1.82, 2.24) is 0 Å². The van der Waals surface area contributed by atoms with E-state index in [1.165, 1.54) is 11.9 Å². The Morgan fingerprint density at radius 1 is 1.83 bits per heavy atom. The number of rotatable bonds is 0. The van der Waals surface area contributed by atoms with E-state index in [-0.39, 0.29) is 0 Å². The minimum Gasteiger partial charge on any atom is -0.212 e. The molecule has 0 aromatic heterocycles. The molecule has 6 heavy (non-hydrogen) atoms. The van der Waals surface area contributed by atoms with Crippen LogP contribution in [0.2, 0.25) is 0 Å². The molecule has 0 spiro atoms. The molecule has 0 radical (unpaired) electrons. The van der Waals surface area contributed by atoms with Gasteiger partial charge in [-0.3, -0.25) is 0 Å². The minimum atomic E-state index is 1.06. The molecule has 0 N–H and O–H groups in total. The summed E-state index contributed by atoms with van der Waals surface area (Å²) in [6, 6.07) is 0. The highest BCUT2D eigenvalue weighted by atomic mass is 32.2. The van der Waals surface area contributed by atoms with Gasteiger partial charge in [-0.2, -0.15) is 0 Å². The summed E-state index contributed by atoms with van der Waals surface area (Å²) in [6.07, 6.45) is 0. The molecule has 0 saturated carbocycles. The molecular weight excluding hydrogens is 114 g/mol. The zero-order valence-electron chi connectivity index (χ0n) is 3.05. The first-order chi connectivity index (χ1) is 2.89. The van der Waals surface area contributed by atoms with E-state index in [2.05, 4.69) is 11.0 Å². The summed E-state index contributed by atoms with van der Waals surface area (Å²) >= 11 is 3.01. The van der Waals surface area contributed by atoms with E-state index in [1.54, 1.807) is 17.3 Å². The highest BCUT2D eigenvalue weighted by molar-refractivity contribution is 8.31. The van der Waals surface area contributed by atoms with Crippen LogP contribution >= 0.6 is 23.7 Å². The third kappa shape index (κ3) is 0.786. The molecule has 32 valence electrons. The molecule has 0 bridgehead atoms. The second-order valence-electron chi connectivity index (χ2n) is 0.792. The van der Waals surface area contributed by atoms with Crippen LogP contribution in [0.1, 0.15) is 0 Å². The van der Waals surface area contributed by atoms with E-state index in [9.17, 15) is 0 Å². The maximum atomic E-state index is 3.82. The fourth-order valence-corrected chi connectivity index (χ4v) is 1.19. The monoisotopic (exact) mass is 117 g/mol. The first kappa shape index (κ1) is 4.27. The number of hydrogen-bond donors (Lipinski definition) is 0. The number of thioether (sulfide) groups is 1. The average Bonchev–Trinajstić information content (AvgIpc) is 1.86. The molecule has 0 saturated heterocycles. The topological polar surface area (TPSA) is 12.4 Å². The van der Waals surface area contributed by atoms with Crippen LogP contribution in [0, 0.1) is 0 Å². The van der Waals surface area contributed by atoms with Gasteiger partial charge < -0.3 is 0 Å². The lowest BCUT2D eigenvalue weighted by molar-refractivity contribution is 2.04. The highest BCUT2D eigenvalue weighted by Crippen LogP contribution is 2.31. The van der Waals surface area contributed by atoms with Gasteiger partial charge in [0.1, 0.15) is 0 Å². The van der Waals surface area contributed by atoms with Gasteiger partial charge in [0.15, 0.2) is 0 Å². The van der Waals surface area contributed by atoms with Crippen molar-refractivity contribution in [2.24, 2.45) is 4.40 Å². The molecule has 0 fully saturated rings. The Bertz CT molecular complexity index is 87.0. The normalized spacial score (nSPS) is 19.7. The molecule has 1 heterocycles. The SMILES string of the molecule is C=C1SC=NS1. The molecule has 1 aliphatic rings. The summed E-state index contributed by atoms with van der Waals surface area (Å²) in [5.41, 5.74) is 1.78. The molecule has 0 unspecified atom stereocenters. The molecule has 1 rings (SSSR count). The fraction of sp³-hybridized carbons (Fsp3) is 0. The van der Waals surface area contributed by atoms with Gasteiger partial charge in [0, 0.05) is 11.9 Å². The Kier molecular flexibility index (Phi) is 1.22. The van der Waals surface area contributed by atoms with E-state index < -0.39 is 0 Å².